The van der Waals surface area contributed by atoms with Crippen molar-refractivity contribution in [1.29, 1.82) is 0 Å². The molecule has 4 N–H and O–H groups in total. The van der Waals surface area contributed by atoms with Crippen LogP contribution in [0.1, 0.15) is 0 Å². The molecule has 4 rings (SSSR count). The van der Waals surface area contributed by atoms with Crippen LogP contribution in [-0.2, 0) is 0 Å². The summed E-state index contributed by atoms with van der Waals surface area (Å²) in [5, 5.41) is 4.18. The Balaban J connectivity index is 1.57. The molecule has 31 heavy (non-hydrogen) atoms. The molecule has 0 bridgehead atoms. The fourth-order valence-electron chi connectivity index (χ4n) is 3.06. The maximum Gasteiger partial charge on any atom is 0.405 e. The first-order valence-corrected chi connectivity index (χ1v) is 9.19. The summed E-state index contributed by atoms with van der Waals surface area (Å²) in [6.45, 7) is -1.41. The van der Waals surface area contributed by atoms with E-state index in [1.54, 1.807) is 42.0 Å². The van der Waals surface area contributed by atoms with Gasteiger partial charge in [-0.25, -0.2) is 14.8 Å². The van der Waals surface area contributed by atoms with Gasteiger partial charge in [-0.2, -0.15) is 13.2 Å². The lowest BCUT2D eigenvalue weighted by atomic mass is 10.1. The molecular formula is C21H17F3N6O. The van der Waals surface area contributed by atoms with Gasteiger partial charge >= 0.3 is 12.2 Å². The lowest BCUT2D eigenvalue weighted by molar-refractivity contribution is -0.122. The van der Waals surface area contributed by atoms with E-state index in [1.165, 1.54) is 0 Å². The highest BCUT2D eigenvalue weighted by Crippen LogP contribution is 2.27. The SMILES string of the molecule is Nc1ccc(-c2ccn3c(-c4cccc(NC(=O)NCC(F)(F)F)c4)cnc3c2)cn1. The number of nitrogen functional groups attached to an aromatic ring is 1. The van der Waals surface area contributed by atoms with Crippen LogP contribution >= 0.6 is 0 Å². The van der Waals surface area contributed by atoms with E-state index in [-0.39, 0.29) is 0 Å². The second kappa shape index (κ2) is 7.98. The number of amides is 2. The van der Waals surface area contributed by atoms with Crippen molar-refractivity contribution >= 4 is 23.2 Å². The van der Waals surface area contributed by atoms with Crippen LogP contribution in [0.15, 0.2) is 67.1 Å². The molecule has 0 aliphatic rings. The maximum absolute atomic E-state index is 12.2. The Bertz CT molecular complexity index is 1230. The van der Waals surface area contributed by atoms with Gasteiger partial charge in [0.1, 0.15) is 18.0 Å². The average Bonchev–Trinajstić information content (AvgIpc) is 3.16. The number of hydrogen-bond acceptors (Lipinski definition) is 4. The van der Waals surface area contributed by atoms with E-state index in [9.17, 15) is 18.0 Å². The van der Waals surface area contributed by atoms with Crippen LogP contribution in [0.3, 0.4) is 0 Å². The second-order valence-corrected chi connectivity index (χ2v) is 6.76. The molecule has 0 unspecified atom stereocenters. The number of pyridine rings is 2. The van der Waals surface area contributed by atoms with Crippen LogP contribution in [0.5, 0.6) is 0 Å². The molecule has 0 aliphatic heterocycles. The summed E-state index contributed by atoms with van der Waals surface area (Å²) in [5.74, 6) is 0.438. The minimum atomic E-state index is -4.48. The van der Waals surface area contributed by atoms with Crippen LogP contribution < -0.4 is 16.4 Å². The Kier molecular flexibility index (Phi) is 5.20. The zero-order chi connectivity index (χ0) is 22.0. The van der Waals surface area contributed by atoms with Crippen LogP contribution in [0, 0.1) is 0 Å². The largest absolute Gasteiger partial charge is 0.405 e. The number of benzene rings is 1. The number of urea groups is 1. The second-order valence-electron chi connectivity index (χ2n) is 6.76. The first kappa shape index (κ1) is 20.2. The number of imidazole rings is 1. The smallest absolute Gasteiger partial charge is 0.384 e. The molecule has 7 nitrogen and oxygen atoms in total. The van der Waals surface area contributed by atoms with Gasteiger partial charge in [0.15, 0.2) is 0 Å². The molecule has 0 fully saturated rings. The lowest BCUT2D eigenvalue weighted by Gasteiger charge is -2.11. The van der Waals surface area contributed by atoms with Gasteiger partial charge in [-0.3, -0.25) is 4.40 Å². The van der Waals surface area contributed by atoms with Crippen LogP contribution in [0.2, 0.25) is 0 Å². The number of carbonyl (C=O) groups excluding carboxylic acids is 1. The van der Waals surface area contributed by atoms with Gasteiger partial charge in [-0.05, 0) is 42.0 Å². The Hall–Kier alpha value is -4.08. The normalized spacial score (nSPS) is 11.5. The van der Waals surface area contributed by atoms with Crippen molar-refractivity contribution in [2.75, 3.05) is 17.6 Å². The van der Waals surface area contributed by atoms with Crippen molar-refractivity contribution in [3.05, 3.63) is 67.1 Å². The van der Waals surface area contributed by atoms with Gasteiger partial charge in [-0.1, -0.05) is 12.1 Å². The zero-order valence-electron chi connectivity index (χ0n) is 16.0. The third-order valence-electron chi connectivity index (χ3n) is 4.50. The molecule has 4 aromatic rings. The number of aromatic nitrogens is 3. The first-order chi connectivity index (χ1) is 14.8. The number of halogens is 3. The number of nitrogens with zero attached hydrogens (tertiary/aromatic N) is 3. The van der Waals surface area contributed by atoms with Crippen molar-refractivity contribution in [1.82, 2.24) is 19.7 Å². The highest BCUT2D eigenvalue weighted by molar-refractivity contribution is 5.90. The van der Waals surface area contributed by atoms with E-state index in [4.69, 9.17) is 5.73 Å². The number of nitrogens with two attached hydrogens (primary N) is 1. The molecule has 10 heteroatoms. The fraction of sp³-hybridized carbons (Fsp3) is 0.0952. The topological polar surface area (TPSA) is 97.3 Å². The Morgan fingerprint density at radius 1 is 1.00 bits per heavy atom. The van der Waals surface area contributed by atoms with E-state index in [0.717, 1.165) is 22.4 Å². The maximum atomic E-state index is 12.2. The Morgan fingerprint density at radius 3 is 2.58 bits per heavy atom. The van der Waals surface area contributed by atoms with Crippen LogP contribution in [-0.4, -0.2) is 33.1 Å². The minimum absolute atomic E-state index is 0.358. The summed E-state index contributed by atoms with van der Waals surface area (Å²) in [4.78, 5) is 20.2. The van der Waals surface area contributed by atoms with Crippen LogP contribution in [0.4, 0.5) is 29.5 Å². The predicted octanol–water partition coefficient (Wildman–Crippen LogP) is 4.33. The molecule has 0 atom stereocenters. The summed E-state index contributed by atoms with van der Waals surface area (Å²) in [6.07, 6.45) is 0.754. The summed E-state index contributed by atoms with van der Waals surface area (Å²) in [7, 11) is 0. The number of fused-ring (bicyclic) bond motifs is 1. The van der Waals surface area contributed by atoms with Gasteiger partial charge < -0.3 is 16.4 Å². The van der Waals surface area contributed by atoms with Crippen molar-refractivity contribution in [3.8, 4) is 22.4 Å². The van der Waals surface area contributed by atoms with Gasteiger partial charge in [0.2, 0.25) is 0 Å². The molecular weight excluding hydrogens is 409 g/mol. The van der Waals surface area contributed by atoms with E-state index < -0.39 is 18.8 Å². The molecule has 0 spiro atoms. The first-order valence-electron chi connectivity index (χ1n) is 9.19. The van der Waals surface area contributed by atoms with Crippen molar-refractivity contribution in [2.24, 2.45) is 0 Å². The zero-order valence-corrected chi connectivity index (χ0v) is 16.0. The van der Waals surface area contributed by atoms with Gasteiger partial charge in [0.25, 0.3) is 0 Å². The van der Waals surface area contributed by atoms with Crippen LogP contribution in [0.25, 0.3) is 28.0 Å². The third kappa shape index (κ3) is 4.74. The third-order valence-corrected chi connectivity index (χ3v) is 4.50. The predicted molar refractivity (Wildman–Crippen MR) is 111 cm³/mol. The summed E-state index contributed by atoms with van der Waals surface area (Å²) in [6, 6.07) is 13.2. The highest BCUT2D eigenvalue weighted by atomic mass is 19.4. The molecule has 158 valence electrons. The lowest BCUT2D eigenvalue weighted by Crippen LogP contribution is -2.36. The van der Waals surface area contributed by atoms with Gasteiger partial charge in [0, 0.05) is 29.2 Å². The number of hydrogen-bond donors (Lipinski definition) is 3. The van der Waals surface area contributed by atoms with E-state index in [2.05, 4.69) is 15.3 Å². The van der Waals surface area contributed by atoms with E-state index >= 15 is 0 Å². The van der Waals surface area contributed by atoms with Crippen molar-refractivity contribution in [2.45, 2.75) is 6.18 Å². The fourth-order valence-corrected chi connectivity index (χ4v) is 3.06. The van der Waals surface area contributed by atoms with Crippen molar-refractivity contribution in [3.63, 3.8) is 0 Å². The number of alkyl halides is 3. The Labute approximate surface area is 174 Å². The summed E-state index contributed by atoms with van der Waals surface area (Å²) >= 11 is 0. The molecule has 3 aromatic heterocycles. The quantitative estimate of drug-likeness (QED) is 0.453. The van der Waals surface area contributed by atoms with E-state index in [0.29, 0.717) is 17.2 Å². The molecule has 0 radical (unpaired) electrons. The number of rotatable bonds is 4. The summed E-state index contributed by atoms with van der Waals surface area (Å²) in [5.41, 5.74) is 10.0. The minimum Gasteiger partial charge on any atom is -0.384 e. The standard InChI is InChI=1S/C21H17F3N6O/c22-21(23,24)12-28-20(31)29-16-3-1-2-14(8-16)17-11-27-19-9-13(6-7-30(17)19)15-4-5-18(25)26-10-15/h1-11H,12H2,(H2,25,26)(H2,28,29,31). The number of anilines is 2. The average molecular weight is 426 g/mol. The molecule has 0 saturated heterocycles. The molecule has 0 saturated carbocycles. The van der Waals surface area contributed by atoms with Gasteiger partial charge in [-0.15, -0.1) is 0 Å². The van der Waals surface area contributed by atoms with E-state index in [1.807, 2.05) is 34.9 Å². The van der Waals surface area contributed by atoms with Crippen molar-refractivity contribution < 1.29 is 18.0 Å². The molecule has 2 amide bonds. The monoisotopic (exact) mass is 426 g/mol. The molecule has 3 heterocycles. The number of nitrogens with one attached hydrogen (secondary N) is 2. The highest BCUT2D eigenvalue weighted by Gasteiger charge is 2.27. The molecule has 0 aliphatic carbocycles. The molecule has 1 aromatic carbocycles. The number of carbonyl (C=O) groups is 1. The summed E-state index contributed by atoms with van der Waals surface area (Å²) < 4.78 is 38.6. The van der Waals surface area contributed by atoms with Gasteiger partial charge in [0.05, 0.1) is 11.9 Å². The Morgan fingerprint density at radius 2 is 1.84 bits per heavy atom.